The number of rotatable bonds is 6. The molecule has 1 aliphatic heterocycles. The third-order valence-corrected chi connectivity index (χ3v) is 4.86. The molecule has 124 valence electrons. The van der Waals surface area contributed by atoms with Gasteiger partial charge in [0.05, 0.1) is 19.8 Å². The van der Waals surface area contributed by atoms with E-state index >= 15 is 0 Å². The van der Waals surface area contributed by atoms with Gasteiger partial charge in [0, 0.05) is 19.0 Å². The second kappa shape index (κ2) is 7.18. The Morgan fingerprint density at radius 3 is 2.61 bits per heavy atom. The highest BCUT2D eigenvalue weighted by Gasteiger charge is 2.46. The number of piperidine rings is 1. The molecule has 0 spiro atoms. The summed E-state index contributed by atoms with van der Waals surface area (Å²) in [5.41, 5.74) is 1.24. The first-order valence-electron chi connectivity index (χ1n) is 8.38. The molecule has 0 unspecified atom stereocenters. The summed E-state index contributed by atoms with van der Waals surface area (Å²) in [6, 6.07) is 8.09. The summed E-state index contributed by atoms with van der Waals surface area (Å²) >= 11 is 0. The van der Waals surface area contributed by atoms with Crippen LogP contribution in [0.25, 0.3) is 0 Å². The van der Waals surface area contributed by atoms with Gasteiger partial charge in [-0.15, -0.1) is 6.58 Å². The highest BCUT2D eigenvalue weighted by atomic mass is 16.5. The summed E-state index contributed by atoms with van der Waals surface area (Å²) < 4.78 is 10.9. The lowest BCUT2D eigenvalue weighted by atomic mass is 10.1. The average molecular weight is 315 g/mol. The fourth-order valence-corrected chi connectivity index (χ4v) is 3.37. The number of benzene rings is 1. The molecule has 3 rings (SSSR count). The molecular weight excluding hydrogens is 290 g/mol. The van der Waals surface area contributed by atoms with E-state index in [0.29, 0.717) is 18.4 Å². The fraction of sp³-hybridized carbons (Fsp3) is 0.526. The third kappa shape index (κ3) is 3.75. The monoisotopic (exact) mass is 315 g/mol. The maximum Gasteiger partial charge on any atom is 0.226 e. The van der Waals surface area contributed by atoms with Gasteiger partial charge in [-0.1, -0.05) is 18.2 Å². The predicted molar refractivity (Wildman–Crippen MR) is 89.6 cm³/mol. The smallest absolute Gasteiger partial charge is 0.226 e. The van der Waals surface area contributed by atoms with Crippen LogP contribution in [0.2, 0.25) is 0 Å². The molecule has 1 aromatic carbocycles. The van der Waals surface area contributed by atoms with E-state index in [1.165, 1.54) is 5.56 Å². The van der Waals surface area contributed by atoms with Gasteiger partial charge in [0.1, 0.15) is 5.75 Å². The molecule has 1 amide bonds. The van der Waals surface area contributed by atoms with Gasteiger partial charge in [-0.2, -0.15) is 0 Å². The Hall–Kier alpha value is -1.81. The largest absolute Gasteiger partial charge is 0.497 e. The van der Waals surface area contributed by atoms with Crippen LogP contribution in [0.1, 0.15) is 30.7 Å². The van der Waals surface area contributed by atoms with Gasteiger partial charge < -0.3 is 14.4 Å². The Balaban J connectivity index is 1.49. The lowest BCUT2D eigenvalue weighted by molar-refractivity contribution is -0.135. The van der Waals surface area contributed by atoms with E-state index in [9.17, 15) is 4.79 Å². The van der Waals surface area contributed by atoms with Crippen LogP contribution in [0.15, 0.2) is 36.9 Å². The molecule has 2 aliphatic rings. The minimum absolute atomic E-state index is 0.161. The average Bonchev–Trinajstić information content (AvgIpc) is 3.40. The predicted octanol–water partition coefficient (Wildman–Crippen LogP) is 2.99. The number of carbonyl (C=O) groups is 1. The number of methoxy groups -OCH3 is 1. The first kappa shape index (κ1) is 16.1. The molecule has 1 aliphatic carbocycles. The molecule has 1 heterocycles. The molecule has 0 aromatic heterocycles. The number of nitrogens with zero attached hydrogens (tertiary/aromatic N) is 1. The second-order valence-electron chi connectivity index (χ2n) is 6.37. The molecule has 23 heavy (non-hydrogen) atoms. The van der Waals surface area contributed by atoms with Crippen molar-refractivity contribution < 1.29 is 14.3 Å². The van der Waals surface area contributed by atoms with E-state index in [-0.39, 0.29) is 12.0 Å². The van der Waals surface area contributed by atoms with Crippen LogP contribution >= 0.6 is 0 Å². The van der Waals surface area contributed by atoms with Crippen LogP contribution in [-0.4, -0.2) is 43.7 Å². The SMILES string of the molecule is C=CCOC1CCN(C(=O)[C@H]2C[C@@H]2c2ccc(OC)cc2)CC1. The highest BCUT2D eigenvalue weighted by Crippen LogP contribution is 2.48. The van der Waals surface area contributed by atoms with Crippen molar-refractivity contribution in [2.75, 3.05) is 26.8 Å². The Bertz CT molecular complexity index is 546. The maximum atomic E-state index is 12.6. The molecule has 0 bridgehead atoms. The molecule has 2 fully saturated rings. The normalized spacial score (nSPS) is 24.3. The van der Waals surface area contributed by atoms with Crippen LogP contribution in [-0.2, 0) is 9.53 Å². The van der Waals surface area contributed by atoms with Crippen molar-refractivity contribution in [1.82, 2.24) is 4.90 Å². The zero-order chi connectivity index (χ0) is 16.2. The van der Waals surface area contributed by atoms with Crippen LogP contribution in [0, 0.1) is 5.92 Å². The number of hydrogen-bond acceptors (Lipinski definition) is 3. The first-order valence-corrected chi connectivity index (χ1v) is 8.38. The van der Waals surface area contributed by atoms with Crippen LogP contribution in [0.5, 0.6) is 5.75 Å². The summed E-state index contributed by atoms with van der Waals surface area (Å²) in [5, 5.41) is 0. The summed E-state index contributed by atoms with van der Waals surface area (Å²) in [4.78, 5) is 14.6. The van der Waals surface area contributed by atoms with Crippen LogP contribution in [0.3, 0.4) is 0 Å². The Morgan fingerprint density at radius 1 is 1.30 bits per heavy atom. The van der Waals surface area contributed by atoms with Crippen molar-refractivity contribution >= 4 is 5.91 Å². The van der Waals surface area contributed by atoms with Gasteiger partial charge in [-0.05, 0) is 42.9 Å². The van der Waals surface area contributed by atoms with E-state index in [1.54, 1.807) is 13.2 Å². The van der Waals surface area contributed by atoms with Crippen molar-refractivity contribution in [3.63, 3.8) is 0 Å². The molecule has 1 aromatic rings. The Labute approximate surface area is 138 Å². The molecular formula is C19H25NO3. The second-order valence-corrected chi connectivity index (χ2v) is 6.37. The maximum absolute atomic E-state index is 12.6. The van der Waals surface area contributed by atoms with E-state index < -0.39 is 0 Å². The lowest BCUT2D eigenvalue weighted by Crippen LogP contribution is -2.41. The molecule has 0 radical (unpaired) electrons. The van der Waals surface area contributed by atoms with Crippen LogP contribution < -0.4 is 4.74 Å². The molecule has 1 saturated heterocycles. The van der Waals surface area contributed by atoms with Crippen molar-refractivity contribution in [2.24, 2.45) is 5.92 Å². The highest BCUT2D eigenvalue weighted by molar-refractivity contribution is 5.83. The molecule has 4 heteroatoms. The molecule has 2 atom stereocenters. The zero-order valence-electron chi connectivity index (χ0n) is 13.7. The topological polar surface area (TPSA) is 38.8 Å². The van der Waals surface area contributed by atoms with E-state index in [1.807, 2.05) is 17.0 Å². The fourth-order valence-electron chi connectivity index (χ4n) is 3.37. The van der Waals surface area contributed by atoms with Gasteiger partial charge in [0.25, 0.3) is 0 Å². The lowest BCUT2D eigenvalue weighted by Gasteiger charge is -2.32. The number of likely N-dealkylation sites (tertiary alicyclic amines) is 1. The van der Waals surface area contributed by atoms with E-state index in [0.717, 1.165) is 38.1 Å². The van der Waals surface area contributed by atoms with Gasteiger partial charge in [-0.3, -0.25) is 4.79 Å². The van der Waals surface area contributed by atoms with Crippen molar-refractivity contribution in [3.8, 4) is 5.75 Å². The number of amides is 1. The van der Waals surface area contributed by atoms with Gasteiger partial charge in [0.15, 0.2) is 0 Å². The Kier molecular flexibility index (Phi) is 5.01. The quantitative estimate of drug-likeness (QED) is 0.758. The molecule has 1 saturated carbocycles. The van der Waals surface area contributed by atoms with Crippen molar-refractivity contribution in [1.29, 1.82) is 0 Å². The van der Waals surface area contributed by atoms with Gasteiger partial charge in [-0.25, -0.2) is 0 Å². The van der Waals surface area contributed by atoms with Crippen LogP contribution in [0.4, 0.5) is 0 Å². The minimum atomic E-state index is 0.161. The number of carbonyl (C=O) groups excluding carboxylic acids is 1. The first-order chi connectivity index (χ1) is 11.2. The summed E-state index contributed by atoms with van der Waals surface area (Å²) in [5.74, 6) is 1.71. The van der Waals surface area contributed by atoms with E-state index in [4.69, 9.17) is 9.47 Å². The van der Waals surface area contributed by atoms with Gasteiger partial charge in [0.2, 0.25) is 5.91 Å². The van der Waals surface area contributed by atoms with Crippen molar-refractivity contribution in [3.05, 3.63) is 42.5 Å². The summed E-state index contributed by atoms with van der Waals surface area (Å²) in [7, 11) is 1.67. The Morgan fingerprint density at radius 2 is 2.00 bits per heavy atom. The molecule has 0 N–H and O–H groups in total. The third-order valence-electron chi connectivity index (χ3n) is 4.86. The number of hydrogen-bond donors (Lipinski definition) is 0. The summed E-state index contributed by atoms with van der Waals surface area (Å²) in [6.07, 6.45) is 4.88. The summed E-state index contributed by atoms with van der Waals surface area (Å²) in [6.45, 7) is 5.89. The van der Waals surface area contributed by atoms with Crippen molar-refractivity contribution in [2.45, 2.75) is 31.3 Å². The van der Waals surface area contributed by atoms with Gasteiger partial charge >= 0.3 is 0 Å². The standard InChI is InChI=1S/C19H25NO3/c1-3-12-23-16-8-10-20(11-9-16)19(21)18-13-17(18)14-4-6-15(22-2)7-5-14/h3-7,16-18H,1,8-13H2,2H3/t17-,18+/m1/s1. The minimum Gasteiger partial charge on any atom is -0.497 e. The number of ether oxygens (including phenoxy) is 2. The molecule has 4 nitrogen and oxygen atoms in total. The zero-order valence-corrected chi connectivity index (χ0v) is 13.7. The van der Waals surface area contributed by atoms with E-state index in [2.05, 4.69) is 18.7 Å².